The number of carbonyl (C=O) groups is 1. The molecule has 1 fully saturated rings. The van der Waals surface area contributed by atoms with E-state index in [1.807, 2.05) is 0 Å². The highest BCUT2D eigenvalue weighted by Crippen LogP contribution is 2.12. The topological polar surface area (TPSA) is 96.5 Å². The smallest absolute Gasteiger partial charge is 0.251 e. The molecular formula is C16H26ClN3O4S. The molecule has 0 radical (unpaired) electrons. The molecule has 0 bridgehead atoms. The first-order valence-corrected chi connectivity index (χ1v) is 9.59. The molecule has 7 nitrogen and oxygen atoms in total. The molecule has 142 valence electrons. The third-order valence-corrected chi connectivity index (χ3v) is 5.50. The number of nitrogens with one attached hydrogen (secondary N) is 3. The van der Waals surface area contributed by atoms with Crippen molar-refractivity contribution in [2.24, 2.45) is 5.92 Å². The fourth-order valence-electron chi connectivity index (χ4n) is 2.60. The van der Waals surface area contributed by atoms with Gasteiger partial charge >= 0.3 is 0 Å². The number of carbonyl (C=O) groups excluding carboxylic acids is 1. The summed E-state index contributed by atoms with van der Waals surface area (Å²) in [5.74, 6) is 0.438. The van der Waals surface area contributed by atoms with Crippen LogP contribution >= 0.6 is 12.4 Å². The Morgan fingerprint density at radius 1 is 1.28 bits per heavy atom. The number of amides is 1. The maximum absolute atomic E-state index is 12.1. The number of benzene rings is 1. The zero-order valence-corrected chi connectivity index (χ0v) is 15.9. The second-order valence-electron chi connectivity index (χ2n) is 5.82. The summed E-state index contributed by atoms with van der Waals surface area (Å²) in [6.07, 6.45) is 2.10. The molecule has 1 aliphatic heterocycles. The third kappa shape index (κ3) is 6.91. The lowest BCUT2D eigenvalue weighted by atomic mass is 10.1. The zero-order valence-electron chi connectivity index (χ0n) is 14.3. The lowest BCUT2D eigenvalue weighted by Crippen LogP contribution is -2.28. The quantitative estimate of drug-likeness (QED) is 0.540. The van der Waals surface area contributed by atoms with Crippen LogP contribution in [0, 0.1) is 5.92 Å². The molecule has 1 aromatic rings. The van der Waals surface area contributed by atoms with Gasteiger partial charge in [-0.3, -0.25) is 4.79 Å². The van der Waals surface area contributed by atoms with Crippen molar-refractivity contribution in [2.45, 2.75) is 17.7 Å². The Balaban J connectivity index is 0.00000312. The summed E-state index contributed by atoms with van der Waals surface area (Å²) in [7, 11) is -2.07. The van der Waals surface area contributed by atoms with Crippen molar-refractivity contribution in [2.75, 3.05) is 39.9 Å². The molecule has 25 heavy (non-hydrogen) atoms. The summed E-state index contributed by atoms with van der Waals surface area (Å²) in [5.41, 5.74) is 0.454. The fourth-order valence-corrected chi connectivity index (χ4v) is 3.61. The van der Waals surface area contributed by atoms with E-state index in [1.54, 1.807) is 0 Å². The summed E-state index contributed by atoms with van der Waals surface area (Å²) in [5, 5.41) is 6.17. The average Bonchev–Trinajstić information content (AvgIpc) is 3.08. The molecule has 1 saturated heterocycles. The molecule has 1 heterocycles. The van der Waals surface area contributed by atoms with Crippen LogP contribution in [0.1, 0.15) is 23.2 Å². The maximum atomic E-state index is 12.1. The molecule has 0 saturated carbocycles. The molecule has 1 unspecified atom stereocenters. The molecule has 0 spiro atoms. The predicted octanol–water partition coefficient (Wildman–Crippen LogP) is 0.762. The standard InChI is InChI=1S/C16H25N3O4S.ClH/c1-23-11-10-19-24(21,22)15-4-2-14(3-5-15)16(20)18-9-7-13-6-8-17-12-13;/h2-5,13,17,19H,6-12H2,1H3,(H,18,20);1H. The van der Waals surface area contributed by atoms with E-state index < -0.39 is 10.0 Å². The minimum atomic E-state index is -3.57. The highest BCUT2D eigenvalue weighted by atomic mass is 35.5. The van der Waals surface area contributed by atoms with Gasteiger partial charge in [0, 0.05) is 25.8 Å². The normalized spacial score (nSPS) is 17.1. The van der Waals surface area contributed by atoms with Crippen LogP contribution in [0.3, 0.4) is 0 Å². The van der Waals surface area contributed by atoms with E-state index in [0.29, 0.717) is 24.6 Å². The lowest BCUT2D eigenvalue weighted by molar-refractivity contribution is 0.0951. The number of hydrogen-bond donors (Lipinski definition) is 3. The molecule has 1 aromatic carbocycles. The third-order valence-electron chi connectivity index (χ3n) is 4.03. The Labute approximate surface area is 155 Å². The van der Waals surface area contributed by atoms with Crippen LogP contribution in [0.2, 0.25) is 0 Å². The lowest BCUT2D eigenvalue weighted by Gasteiger charge is -2.10. The molecule has 1 atom stereocenters. The first-order chi connectivity index (χ1) is 11.5. The summed E-state index contributed by atoms with van der Waals surface area (Å²) >= 11 is 0. The van der Waals surface area contributed by atoms with Crippen molar-refractivity contribution in [3.05, 3.63) is 29.8 Å². The van der Waals surface area contributed by atoms with Crippen LogP contribution < -0.4 is 15.4 Å². The molecule has 2 rings (SSSR count). The number of halogens is 1. The number of hydrogen-bond acceptors (Lipinski definition) is 5. The van der Waals surface area contributed by atoms with Gasteiger partial charge in [-0.2, -0.15) is 0 Å². The molecule has 9 heteroatoms. The summed E-state index contributed by atoms with van der Waals surface area (Å²) in [6, 6.07) is 5.92. The van der Waals surface area contributed by atoms with Crippen molar-refractivity contribution in [1.82, 2.24) is 15.4 Å². The predicted molar refractivity (Wildman–Crippen MR) is 98.7 cm³/mol. The van der Waals surface area contributed by atoms with E-state index in [-0.39, 0.29) is 29.8 Å². The van der Waals surface area contributed by atoms with E-state index in [0.717, 1.165) is 25.9 Å². The van der Waals surface area contributed by atoms with Crippen LogP contribution in [0.5, 0.6) is 0 Å². The number of ether oxygens (including phenoxy) is 1. The van der Waals surface area contributed by atoms with E-state index in [1.165, 1.54) is 31.4 Å². The second kappa shape index (κ2) is 10.7. The van der Waals surface area contributed by atoms with E-state index in [4.69, 9.17) is 4.74 Å². The van der Waals surface area contributed by atoms with Crippen LogP contribution in [0.25, 0.3) is 0 Å². The average molecular weight is 392 g/mol. The van der Waals surface area contributed by atoms with Gasteiger partial charge in [0.15, 0.2) is 0 Å². The minimum absolute atomic E-state index is 0. The zero-order chi connectivity index (χ0) is 17.4. The molecule has 0 aromatic heterocycles. The highest BCUT2D eigenvalue weighted by Gasteiger charge is 2.16. The maximum Gasteiger partial charge on any atom is 0.251 e. The first-order valence-electron chi connectivity index (χ1n) is 8.10. The van der Waals surface area contributed by atoms with Crippen LogP contribution in [-0.2, 0) is 14.8 Å². The number of sulfonamides is 1. The Morgan fingerprint density at radius 2 is 2.00 bits per heavy atom. The van der Waals surface area contributed by atoms with Gasteiger partial charge in [0.05, 0.1) is 11.5 Å². The Hall–Kier alpha value is -1.19. The van der Waals surface area contributed by atoms with Crippen LogP contribution in [0.15, 0.2) is 29.2 Å². The Kier molecular flexibility index (Phi) is 9.37. The molecular weight excluding hydrogens is 366 g/mol. The monoisotopic (exact) mass is 391 g/mol. The number of methoxy groups -OCH3 is 1. The van der Waals surface area contributed by atoms with Gasteiger partial charge in [0.2, 0.25) is 10.0 Å². The Bertz CT molecular complexity index is 631. The molecule has 1 aliphatic rings. The van der Waals surface area contributed by atoms with Crippen LogP contribution in [0.4, 0.5) is 0 Å². The van der Waals surface area contributed by atoms with E-state index in [9.17, 15) is 13.2 Å². The van der Waals surface area contributed by atoms with Gasteiger partial charge in [-0.05, 0) is 56.1 Å². The summed E-state index contributed by atoms with van der Waals surface area (Å²) in [6.45, 7) is 3.20. The summed E-state index contributed by atoms with van der Waals surface area (Å²) in [4.78, 5) is 12.2. The van der Waals surface area contributed by atoms with E-state index in [2.05, 4.69) is 15.4 Å². The first kappa shape index (κ1) is 21.9. The van der Waals surface area contributed by atoms with Gasteiger partial charge < -0.3 is 15.4 Å². The number of rotatable bonds is 9. The molecule has 0 aliphatic carbocycles. The van der Waals surface area contributed by atoms with Crippen LogP contribution in [-0.4, -0.2) is 54.2 Å². The highest BCUT2D eigenvalue weighted by molar-refractivity contribution is 7.89. The van der Waals surface area contributed by atoms with Gasteiger partial charge in [0.1, 0.15) is 0 Å². The van der Waals surface area contributed by atoms with Gasteiger partial charge in [-0.15, -0.1) is 12.4 Å². The van der Waals surface area contributed by atoms with Gasteiger partial charge in [-0.25, -0.2) is 13.1 Å². The fraction of sp³-hybridized carbons (Fsp3) is 0.562. The van der Waals surface area contributed by atoms with Crippen molar-refractivity contribution in [3.8, 4) is 0 Å². The minimum Gasteiger partial charge on any atom is -0.383 e. The largest absolute Gasteiger partial charge is 0.383 e. The Morgan fingerprint density at radius 3 is 2.60 bits per heavy atom. The SMILES string of the molecule is COCCNS(=O)(=O)c1ccc(C(=O)NCCC2CCNC2)cc1.Cl. The molecule has 3 N–H and O–H groups in total. The molecule has 1 amide bonds. The second-order valence-corrected chi connectivity index (χ2v) is 7.59. The van der Waals surface area contributed by atoms with Crippen molar-refractivity contribution in [1.29, 1.82) is 0 Å². The van der Waals surface area contributed by atoms with E-state index >= 15 is 0 Å². The van der Waals surface area contributed by atoms with Crippen molar-refractivity contribution in [3.63, 3.8) is 0 Å². The summed E-state index contributed by atoms with van der Waals surface area (Å²) < 4.78 is 31.3. The van der Waals surface area contributed by atoms with Crippen molar-refractivity contribution >= 4 is 28.3 Å². The van der Waals surface area contributed by atoms with Gasteiger partial charge in [-0.1, -0.05) is 0 Å². The van der Waals surface area contributed by atoms with Crippen molar-refractivity contribution < 1.29 is 17.9 Å². The van der Waals surface area contributed by atoms with Gasteiger partial charge in [0.25, 0.3) is 5.91 Å².